The standard InChI is InChI=1S/C39H40ClN3O5/c1-25-29(24-48-39-18-38(30(22-44)15-36(39)40)47-23-28-14-27(19-41)20-42-21-28)6-3-7-34(25)35-8-4-9-37(26(35)2)46-13-5-12-43-31-10-11-32(43)17-33(45)16-31/h3-4,6-9,14-15,18,20-22,31-33,45H,5,10-13,16-17,23-24H2,1-2H3/t31-,32+,33?. The molecule has 2 aliphatic heterocycles. The van der Waals surface area contributed by atoms with E-state index >= 15 is 0 Å². The first-order chi connectivity index (χ1) is 23.3. The summed E-state index contributed by atoms with van der Waals surface area (Å²) in [6.07, 6.45) is 8.78. The van der Waals surface area contributed by atoms with E-state index < -0.39 is 0 Å². The molecule has 3 aromatic carbocycles. The zero-order valence-corrected chi connectivity index (χ0v) is 28.1. The number of benzene rings is 3. The summed E-state index contributed by atoms with van der Waals surface area (Å²) in [5.74, 6) is 1.60. The third-order valence-electron chi connectivity index (χ3n) is 9.59. The van der Waals surface area contributed by atoms with Crippen molar-refractivity contribution in [3.8, 4) is 34.4 Å². The van der Waals surface area contributed by atoms with Gasteiger partial charge < -0.3 is 19.3 Å². The van der Waals surface area contributed by atoms with Crippen LogP contribution >= 0.6 is 11.6 Å². The number of fused-ring (bicyclic) bond motifs is 2. The van der Waals surface area contributed by atoms with E-state index in [1.54, 1.807) is 18.3 Å². The summed E-state index contributed by atoms with van der Waals surface area (Å²) in [4.78, 5) is 18.4. The van der Waals surface area contributed by atoms with E-state index in [1.807, 2.05) is 24.3 Å². The molecule has 0 spiro atoms. The number of ether oxygens (including phenoxy) is 3. The van der Waals surface area contributed by atoms with Crippen LogP contribution in [0.15, 0.2) is 67.0 Å². The van der Waals surface area contributed by atoms with Crippen molar-refractivity contribution in [3.05, 3.63) is 105 Å². The SMILES string of the molecule is Cc1c(COc2cc(OCc3cncc(C#N)c3)c(C=O)cc2Cl)cccc1-c1cccc(OCCCN2[C@@H]3CC[C@H]2CC(O)C3)c1C. The van der Waals surface area contributed by atoms with Crippen molar-refractivity contribution >= 4 is 17.9 Å². The maximum absolute atomic E-state index is 11.8. The molecule has 2 bridgehead atoms. The number of piperidine rings is 1. The van der Waals surface area contributed by atoms with Gasteiger partial charge in [0.2, 0.25) is 0 Å². The molecule has 0 radical (unpaired) electrons. The smallest absolute Gasteiger partial charge is 0.153 e. The maximum atomic E-state index is 11.8. The summed E-state index contributed by atoms with van der Waals surface area (Å²) in [7, 11) is 0. The number of halogens is 1. The Labute approximate surface area is 286 Å². The van der Waals surface area contributed by atoms with Crippen LogP contribution in [0.2, 0.25) is 5.02 Å². The van der Waals surface area contributed by atoms with E-state index in [1.165, 1.54) is 25.1 Å². The predicted molar refractivity (Wildman–Crippen MR) is 185 cm³/mol. The Bertz CT molecular complexity index is 1810. The summed E-state index contributed by atoms with van der Waals surface area (Å²) in [5, 5.41) is 19.6. The average molecular weight is 666 g/mol. The van der Waals surface area contributed by atoms with E-state index in [0.717, 1.165) is 59.4 Å². The fraction of sp³-hybridized carbons (Fsp3) is 0.359. The summed E-state index contributed by atoms with van der Waals surface area (Å²) < 4.78 is 18.4. The Balaban J connectivity index is 1.11. The van der Waals surface area contributed by atoms with Gasteiger partial charge in [-0.3, -0.25) is 14.7 Å². The molecule has 9 heteroatoms. The van der Waals surface area contributed by atoms with E-state index in [9.17, 15) is 9.90 Å². The second kappa shape index (κ2) is 15.2. The number of hydrogen-bond donors (Lipinski definition) is 1. The molecule has 8 nitrogen and oxygen atoms in total. The molecule has 0 saturated carbocycles. The molecule has 6 rings (SSSR count). The molecule has 248 valence electrons. The van der Waals surface area contributed by atoms with Gasteiger partial charge in [0.25, 0.3) is 0 Å². The van der Waals surface area contributed by atoms with Crippen LogP contribution < -0.4 is 14.2 Å². The second-order valence-electron chi connectivity index (χ2n) is 12.7. The second-order valence-corrected chi connectivity index (χ2v) is 13.1. The van der Waals surface area contributed by atoms with Crippen molar-refractivity contribution in [1.29, 1.82) is 5.26 Å². The molecule has 0 amide bonds. The van der Waals surface area contributed by atoms with Crippen molar-refractivity contribution < 1.29 is 24.1 Å². The quantitative estimate of drug-likeness (QED) is 0.115. The summed E-state index contributed by atoms with van der Waals surface area (Å²) in [6, 6.07) is 20.3. The highest BCUT2D eigenvalue weighted by Crippen LogP contribution is 2.37. The van der Waals surface area contributed by atoms with Gasteiger partial charge in [0, 0.05) is 42.7 Å². The Hall–Kier alpha value is -4.42. The number of carbonyl (C=O) groups excluding carboxylic acids is 1. The van der Waals surface area contributed by atoms with Crippen LogP contribution in [0.1, 0.15) is 70.3 Å². The summed E-state index contributed by atoms with van der Waals surface area (Å²) >= 11 is 6.52. The number of hydrogen-bond acceptors (Lipinski definition) is 8. The van der Waals surface area contributed by atoms with E-state index in [-0.39, 0.29) is 19.3 Å². The molecule has 1 N–H and O–H groups in total. The normalized spacial score (nSPS) is 18.7. The van der Waals surface area contributed by atoms with Crippen LogP contribution in [0.4, 0.5) is 0 Å². The van der Waals surface area contributed by atoms with Gasteiger partial charge in [-0.15, -0.1) is 0 Å². The van der Waals surface area contributed by atoms with Gasteiger partial charge in [0.05, 0.1) is 28.9 Å². The molecule has 0 aliphatic carbocycles. The number of nitriles is 1. The fourth-order valence-electron chi connectivity index (χ4n) is 7.06. The predicted octanol–water partition coefficient (Wildman–Crippen LogP) is 7.62. The van der Waals surface area contributed by atoms with E-state index in [0.29, 0.717) is 58.2 Å². The van der Waals surface area contributed by atoms with Gasteiger partial charge in [-0.1, -0.05) is 41.9 Å². The van der Waals surface area contributed by atoms with Gasteiger partial charge in [0.15, 0.2) is 6.29 Å². The van der Waals surface area contributed by atoms with Crippen LogP contribution in [0, 0.1) is 25.2 Å². The van der Waals surface area contributed by atoms with Crippen molar-refractivity contribution in [2.45, 2.75) is 77.4 Å². The first-order valence-electron chi connectivity index (χ1n) is 16.5. The first kappa shape index (κ1) is 33.5. The van der Waals surface area contributed by atoms with Crippen LogP contribution in [0.5, 0.6) is 17.2 Å². The Morgan fingerprint density at radius 1 is 0.938 bits per heavy atom. The van der Waals surface area contributed by atoms with Gasteiger partial charge in [-0.25, -0.2) is 0 Å². The van der Waals surface area contributed by atoms with Crippen molar-refractivity contribution in [2.75, 3.05) is 13.2 Å². The number of aldehydes is 1. The molecule has 1 aromatic heterocycles. The van der Waals surface area contributed by atoms with Gasteiger partial charge >= 0.3 is 0 Å². The third kappa shape index (κ3) is 7.50. The molecule has 2 aliphatic rings. The van der Waals surface area contributed by atoms with Crippen molar-refractivity contribution in [1.82, 2.24) is 9.88 Å². The topological polar surface area (TPSA) is 105 Å². The largest absolute Gasteiger partial charge is 0.493 e. The highest BCUT2D eigenvalue weighted by molar-refractivity contribution is 6.32. The number of rotatable bonds is 13. The Morgan fingerprint density at radius 2 is 1.67 bits per heavy atom. The van der Waals surface area contributed by atoms with E-state index in [4.69, 9.17) is 31.1 Å². The third-order valence-corrected chi connectivity index (χ3v) is 9.89. The highest BCUT2D eigenvalue weighted by atomic mass is 35.5. The monoisotopic (exact) mass is 665 g/mol. The minimum atomic E-state index is -0.140. The van der Waals surface area contributed by atoms with Gasteiger partial charge in [-0.05, 0) is 92.0 Å². The van der Waals surface area contributed by atoms with Crippen molar-refractivity contribution in [2.24, 2.45) is 0 Å². The van der Waals surface area contributed by atoms with Crippen LogP contribution in [0.3, 0.4) is 0 Å². The minimum Gasteiger partial charge on any atom is -0.493 e. The number of aromatic nitrogens is 1. The molecule has 2 fully saturated rings. The summed E-state index contributed by atoms with van der Waals surface area (Å²) in [6.45, 7) is 6.22. The zero-order valence-electron chi connectivity index (χ0n) is 27.3. The Morgan fingerprint density at radius 3 is 2.42 bits per heavy atom. The maximum Gasteiger partial charge on any atom is 0.153 e. The molecule has 1 unspecified atom stereocenters. The Kier molecular flexibility index (Phi) is 10.6. The lowest BCUT2D eigenvalue weighted by Gasteiger charge is -2.37. The minimum absolute atomic E-state index is 0.123. The van der Waals surface area contributed by atoms with Crippen molar-refractivity contribution in [3.63, 3.8) is 0 Å². The lowest BCUT2D eigenvalue weighted by atomic mass is 9.93. The fourth-order valence-corrected chi connectivity index (χ4v) is 7.28. The number of nitrogens with zero attached hydrogens (tertiary/aromatic N) is 3. The van der Waals surface area contributed by atoms with Gasteiger partial charge in [0.1, 0.15) is 36.5 Å². The summed E-state index contributed by atoms with van der Waals surface area (Å²) in [5.41, 5.74) is 6.80. The molecule has 2 saturated heterocycles. The van der Waals surface area contributed by atoms with Gasteiger partial charge in [-0.2, -0.15) is 5.26 Å². The molecule has 48 heavy (non-hydrogen) atoms. The zero-order chi connectivity index (χ0) is 33.6. The molecular weight excluding hydrogens is 626 g/mol. The molecule has 3 heterocycles. The molecule has 4 aromatic rings. The van der Waals surface area contributed by atoms with Crippen LogP contribution in [-0.2, 0) is 13.2 Å². The average Bonchev–Trinajstić information content (AvgIpc) is 3.34. The number of aliphatic hydroxyl groups is 1. The van der Waals surface area contributed by atoms with Crippen LogP contribution in [0.25, 0.3) is 11.1 Å². The number of pyridine rings is 1. The van der Waals surface area contributed by atoms with E-state index in [2.05, 4.69) is 41.9 Å². The lowest BCUT2D eigenvalue weighted by molar-refractivity contribution is 0.0331. The number of aliphatic hydroxyl groups excluding tert-OH is 1. The number of carbonyl (C=O) groups is 1. The molecule has 3 atom stereocenters. The van der Waals surface area contributed by atoms with Crippen LogP contribution in [-0.4, -0.2) is 52.6 Å². The lowest BCUT2D eigenvalue weighted by Crippen LogP contribution is -2.45. The highest BCUT2D eigenvalue weighted by Gasteiger charge is 2.39. The first-order valence-corrected chi connectivity index (χ1v) is 16.9. The molecular formula is C39H40ClN3O5.